The van der Waals surface area contributed by atoms with Crippen molar-refractivity contribution in [2.24, 2.45) is 0 Å². The van der Waals surface area contributed by atoms with Crippen molar-refractivity contribution in [1.29, 1.82) is 0 Å². The summed E-state index contributed by atoms with van der Waals surface area (Å²) in [5.41, 5.74) is -0.232. The first kappa shape index (κ1) is 11.8. The molecule has 1 N–H and O–H groups in total. The van der Waals surface area contributed by atoms with Gasteiger partial charge in [-0.25, -0.2) is 14.8 Å². The Kier molecular flexibility index (Phi) is 3.87. The largest absolute Gasteiger partial charge is 0.362 e. The minimum absolute atomic E-state index is 0.232. The molecular formula is C11H14N4OS. The number of rotatable bonds is 5. The maximum absolute atomic E-state index is 11.4. The van der Waals surface area contributed by atoms with Crippen molar-refractivity contribution >= 4 is 16.5 Å². The minimum atomic E-state index is -0.232. The van der Waals surface area contributed by atoms with E-state index in [2.05, 4.69) is 22.2 Å². The molecule has 5 nitrogen and oxygen atoms in total. The van der Waals surface area contributed by atoms with Crippen LogP contribution in [0, 0.1) is 0 Å². The highest BCUT2D eigenvalue weighted by atomic mass is 32.1. The van der Waals surface area contributed by atoms with E-state index >= 15 is 0 Å². The number of aromatic nitrogens is 3. The molecule has 17 heavy (non-hydrogen) atoms. The number of anilines is 1. The Morgan fingerprint density at radius 1 is 1.47 bits per heavy atom. The zero-order chi connectivity index (χ0) is 12.1. The van der Waals surface area contributed by atoms with Gasteiger partial charge in [-0.3, -0.25) is 4.57 Å². The Balaban J connectivity index is 2.07. The van der Waals surface area contributed by atoms with Crippen LogP contribution >= 0.6 is 11.3 Å². The van der Waals surface area contributed by atoms with Gasteiger partial charge in [-0.2, -0.15) is 0 Å². The molecule has 0 amide bonds. The van der Waals surface area contributed by atoms with Gasteiger partial charge in [-0.05, 0) is 12.5 Å². The van der Waals surface area contributed by atoms with Gasteiger partial charge in [0.15, 0.2) is 5.13 Å². The van der Waals surface area contributed by atoms with Crippen LogP contribution in [0.25, 0.3) is 0 Å². The van der Waals surface area contributed by atoms with E-state index in [0.29, 0.717) is 6.54 Å². The molecule has 2 aromatic rings. The van der Waals surface area contributed by atoms with Crippen LogP contribution in [0.15, 0.2) is 29.5 Å². The summed E-state index contributed by atoms with van der Waals surface area (Å²) >= 11 is 1.57. The average Bonchev–Trinajstić information content (AvgIpc) is 2.77. The summed E-state index contributed by atoms with van der Waals surface area (Å²) in [5.74, 6) is 0. The normalized spacial score (nSPS) is 10.4. The topological polar surface area (TPSA) is 59.8 Å². The highest BCUT2D eigenvalue weighted by molar-refractivity contribution is 7.15. The molecular weight excluding hydrogens is 236 g/mol. The van der Waals surface area contributed by atoms with Crippen molar-refractivity contribution in [3.63, 3.8) is 0 Å². The first-order valence-electron chi connectivity index (χ1n) is 5.49. The highest BCUT2D eigenvalue weighted by Gasteiger charge is 2.03. The van der Waals surface area contributed by atoms with Crippen molar-refractivity contribution in [3.8, 4) is 0 Å². The molecule has 0 bridgehead atoms. The molecule has 0 unspecified atom stereocenters. The molecule has 2 heterocycles. The lowest BCUT2D eigenvalue weighted by atomic mass is 10.5. The van der Waals surface area contributed by atoms with E-state index in [1.807, 2.05) is 0 Å². The predicted molar refractivity (Wildman–Crippen MR) is 68.5 cm³/mol. The molecule has 0 saturated heterocycles. The third kappa shape index (κ3) is 3.13. The van der Waals surface area contributed by atoms with Gasteiger partial charge in [0.25, 0.3) is 0 Å². The molecule has 0 aliphatic heterocycles. The molecule has 0 saturated carbocycles. The number of nitrogens with zero attached hydrogens (tertiary/aromatic N) is 3. The van der Waals surface area contributed by atoms with Crippen LogP contribution < -0.4 is 11.0 Å². The zero-order valence-electron chi connectivity index (χ0n) is 9.59. The fourth-order valence-corrected chi connectivity index (χ4v) is 2.21. The van der Waals surface area contributed by atoms with E-state index in [-0.39, 0.29) is 5.69 Å². The van der Waals surface area contributed by atoms with Gasteiger partial charge >= 0.3 is 5.69 Å². The summed E-state index contributed by atoms with van der Waals surface area (Å²) in [4.78, 5) is 20.4. The van der Waals surface area contributed by atoms with Crippen LogP contribution in [-0.4, -0.2) is 21.1 Å². The van der Waals surface area contributed by atoms with Gasteiger partial charge in [-0.1, -0.05) is 6.92 Å². The molecule has 0 atom stereocenters. The first-order chi connectivity index (χ1) is 8.29. The van der Waals surface area contributed by atoms with E-state index in [1.54, 1.807) is 34.4 Å². The van der Waals surface area contributed by atoms with E-state index in [4.69, 9.17) is 0 Å². The van der Waals surface area contributed by atoms with E-state index in [0.717, 1.165) is 23.0 Å². The number of nitrogens with one attached hydrogen (secondary N) is 1. The van der Waals surface area contributed by atoms with Gasteiger partial charge < -0.3 is 5.32 Å². The Labute approximate surface area is 103 Å². The third-order valence-corrected chi connectivity index (χ3v) is 3.13. The lowest BCUT2D eigenvalue weighted by Crippen LogP contribution is -2.21. The van der Waals surface area contributed by atoms with Crippen molar-refractivity contribution in [2.75, 3.05) is 11.9 Å². The average molecular weight is 250 g/mol. The summed E-state index contributed by atoms with van der Waals surface area (Å²) in [6.07, 6.45) is 6.09. The summed E-state index contributed by atoms with van der Waals surface area (Å²) in [7, 11) is 0. The summed E-state index contributed by atoms with van der Waals surface area (Å²) in [6.45, 7) is 3.55. The van der Waals surface area contributed by atoms with Gasteiger partial charge in [0, 0.05) is 30.0 Å². The standard InChI is InChI=1S/C11H14N4OS/c1-2-4-12-10-14-7-9(17-10)8-15-6-3-5-13-11(15)16/h3,5-7H,2,4,8H2,1H3,(H,12,14). The first-order valence-corrected chi connectivity index (χ1v) is 6.31. The molecule has 0 radical (unpaired) electrons. The monoisotopic (exact) mass is 250 g/mol. The molecule has 0 aliphatic rings. The summed E-state index contributed by atoms with van der Waals surface area (Å²) < 4.78 is 1.57. The van der Waals surface area contributed by atoms with E-state index in [1.165, 1.54) is 6.20 Å². The summed E-state index contributed by atoms with van der Waals surface area (Å²) in [6, 6.07) is 1.75. The van der Waals surface area contributed by atoms with Gasteiger partial charge in [0.2, 0.25) is 0 Å². The third-order valence-electron chi connectivity index (χ3n) is 2.19. The molecule has 6 heteroatoms. The lowest BCUT2D eigenvalue weighted by molar-refractivity contribution is 0.734. The second kappa shape index (κ2) is 5.58. The van der Waals surface area contributed by atoms with Gasteiger partial charge in [0.1, 0.15) is 0 Å². The van der Waals surface area contributed by atoms with Crippen LogP contribution in [0.4, 0.5) is 5.13 Å². The smallest absolute Gasteiger partial charge is 0.347 e. The van der Waals surface area contributed by atoms with Crippen molar-refractivity contribution < 1.29 is 0 Å². The fraction of sp³-hybridized carbons (Fsp3) is 0.364. The van der Waals surface area contributed by atoms with Crippen LogP contribution in [0.3, 0.4) is 0 Å². The second-order valence-corrected chi connectivity index (χ2v) is 4.70. The number of hydrogen-bond acceptors (Lipinski definition) is 5. The van der Waals surface area contributed by atoms with Gasteiger partial charge in [-0.15, -0.1) is 11.3 Å². The molecule has 0 aliphatic carbocycles. The number of hydrogen-bond donors (Lipinski definition) is 1. The van der Waals surface area contributed by atoms with Crippen LogP contribution in [-0.2, 0) is 6.54 Å². The SMILES string of the molecule is CCCNc1ncc(Cn2cccnc2=O)s1. The predicted octanol–water partition coefficient (Wildman–Crippen LogP) is 1.57. The molecule has 0 aromatic carbocycles. The molecule has 0 fully saturated rings. The molecule has 2 rings (SSSR count). The Bertz CT molecular complexity index is 534. The Morgan fingerprint density at radius 3 is 3.12 bits per heavy atom. The second-order valence-electron chi connectivity index (χ2n) is 3.59. The van der Waals surface area contributed by atoms with Gasteiger partial charge in [0.05, 0.1) is 6.54 Å². The maximum atomic E-state index is 11.4. The van der Waals surface area contributed by atoms with Crippen LogP contribution in [0.1, 0.15) is 18.2 Å². The summed E-state index contributed by atoms with van der Waals surface area (Å²) in [5, 5.41) is 4.12. The van der Waals surface area contributed by atoms with E-state index in [9.17, 15) is 4.79 Å². The zero-order valence-corrected chi connectivity index (χ0v) is 10.4. The Hall–Kier alpha value is -1.69. The number of thiazole rings is 1. The van der Waals surface area contributed by atoms with Crippen molar-refractivity contribution in [2.45, 2.75) is 19.9 Å². The minimum Gasteiger partial charge on any atom is -0.362 e. The fourth-order valence-electron chi connectivity index (χ4n) is 1.37. The Morgan fingerprint density at radius 2 is 2.35 bits per heavy atom. The molecule has 0 spiro atoms. The van der Waals surface area contributed by atoms with Crippen molar-refractivity contribution in [1.82, 2.24) is 14.5 Å². The van der Waals surface area contributed by atoms with Crippen molar-refractivity contribution in [3.05, 3.63) is 40.0 Å². The molecule has 90 valence electrons. The maximum Gasteiger partial charge on any atom is 0.347 e. The highest BCUT2D eigenvalue weighted by Crippen LogP contribution is 2.18. The van der Waals surface area contributed by atoms with Crippen LogP contribution in [0.5, 0.6) is 0 Å². The quantitative estimate of drug-likeness (QED) is 0.875. The lowest BCUT2D eigenvalue weighted by Gasteiger charge is -2.00. The van der Waals surface area contributed by atoms with Crippen LogP contribution in [0.2, 0.25) is 0 Å². The van der Waals surface area contributed by atoms with E-state index < -0.39 is 0 Å². The molecule has 2 aromatic heterocycles.